The van der Waals surface area contributed by atoms with E-state index in [0.29, 0.717) is 0 Å². The monoisotopic (exact) mass is 362 g/mol. The Morgan fingerprint density at radius 2 is 1.23 bits per heavy atom. The van der Waals surface area contributed by atoms with E-state index in [1.807, 2.05) is 24.3 Å². The molecule has 0 spiro atoms. The van der Waals surface area contributed by atoms with Gasteiger partial charge in [0, 0.05) is 0 Å². The zero-order valence-electron chi connectivity index (χ0n) is 7.76. The molecule has 0 aromatic heterocycles. The van der Waals surface area contributed by atoms with E-state index in [1.54, 1.807) is 0 Å². The van der Waals surface area contributed by atoms with Crippen molar-refractivity contribution in [3.8, 4) is 0 Å². The topological polar surface area (TPSA) is 0 Å². The SMILES string of the molecule is [C-]1=CC=CC1.[C-]1=CC=CC1.[CH3-].[I-].[Zr+4]. The third-order valence-electron chi connectivity index (χ3n) is 1.17. The summed E-state index contributed by atoms with van der Waals surface area (Å²) in [5.41, 5.74) is 0. The fraction of sp³-hybridized carbons (Fsp3) is 0.182. The molecule has 2 aliphatic rings. The number of allylic oxidation sites excluding steroid dienone is 8. The Hall–Kier alpha value is 0.573. The van der Waals surface area contributed by atoms with E-state index < -0.39 is 0 Å². The van der Waals surface area contributed by atoms with Gasteiger partial charge in [-0.05, 0) is 0 Å². The van der Waals surface area contributed by atoms with Crippen LogP contribution in [0.1, 0.15) is 12.8 Å². The quantitative estimate of drug-likeness (QED) is 0.422. The van der Waals surface area contributed by atoms with Crippen LogP contribution in [0.2, 0.25) is 0 Å². The fourth-order valence-corrected chi connectivity index (χ4v) is 0.680. The maximum atomic E-state index is 2.99. The van der Waals surface area contributed by atoms with Crippen LogP contribution in [0.25, 0.3) is 0 Å². The Kier molecular flexibility index (Phi) is 22.2. The van der Waals surface area contributed by atoms with Gasteiger partial charge in [-0.3, -0.25) is 12.2 Å². The molecule has 0 N–H and O–H groups in total. The average molecular weight is 363 g/mol. The molecule has 0 aromatic rings. The van der Waals surface area contributed by atoms with Crippen LogP contribution < -0.4 is 24.0 Å². The number of hydrogen-bond donors (Lipinski definition) is 0. The summed E-state index contributed by atoms with van der Waals surface area (Å²) in [6, 6.07) is 0. The summed E-state index contributed by atoms with van der Waals surface area (Å²) in [6.45, 7) is 0. The van der Waals surface area contributed by atoms with E-state index in [1.165, 1.54) is 0 Å². The van der Waals surface area contributed by atoms with Crippen molar-refractivity contribution >= 4 is 0 Å². The molecule has 0 heterocycles. The van der Waals surface area contributed by atoms with Crippen LogP contribution in [0.5, 0.6) is 0 Å². The molecule has 0 aliphatic heterocycles. The van der Waals surface area contributed by atoms with Gasteiger partial charge in [-0.15, -0.1) is 12.8 Å². The molecule has 0 atom stereocenters. The van der Waals surface area contributed by atoms with Crippen LogP contribution >= 0.6 is 0 Å². The van der Waals surface area contributed by atoms with Gasteiger partial charge in [-0.2, -0.15) is 12.2 Å². The van der Waals surface area contributed by atoms with Gasteiger partial charge in [0.25, 0.3) is 0 Å². The Labute approximate surface area is 118 Å². The smallest absolute Gasteiger partial charge is 1.00 e. The van der Waals surface area contributed by atoms with E-state index in [0.717, 1.165) is 12.8 Å². The molecule has 2 heteroatoms. The second kappa shape index (κ2) is 15.1. The number of halogens is 1. The molecule has 0 saturated carbocycles. The summed E-state index contributed by atoms with van der Waals surface area (Å²) in [5, 5.41) is 0. The van der Waals surface area contributed by atoms with Crippen molar-refractivity contribution < 1.29 is 50.2 Å². The van der Waals surface area contributed by atoms with Crippen molar-refractivity contribution in [3.05, 3.63) is 56.0 Å². The molecule has 2 rings (SSSR count). The van der Waals surface area contributed by atoms with E-state index in [2.05, 4.69) is 24.3 Å². The maximum absolute atomic E-state index is 2.99. The molecule has 0 amide bonds. The average Bonchev–Trinajstić information content (AvgIpc) is 2.67. The van der Waals surface area contributed by atoms with Gasteiger partial charge >= 0.3 is 26.2 Å². The molecule has 13 heavy (non-hydrogen) atoms. The first-order valence-electron chi connectivity index (χ1n) is 3.43. The van der Waals surface area contributed by atoms with E-state index in [-0.39, 0.29) is 57.6 Å². The van der Waals surface area contributed by atoms with Crippen LogP contribution in [0.3, 0.4) is 0 Å². The summed E-state index contributed by atoms with van der Waals surface area (Å²) in [6.07, 6.45) is 20.0. The zero-order valence-corrected chi connectivity index (χ0v) is 12.4. The van der Waals surface area contributed by atoms with Gasteiger partial charge in [0.05, 0.1) is 0 Å². The van der Waals surface area contributed by atoms with Gasteiger partial charge in [0.2, 0.25) is 0 Å². The Balaban J connectivity index is -0.000000125. The summed E-state index contributed by atoms with van der Waals surface area (Å²) in [4.78, 5) is 0. The van der Waals surface area contributed by atoms with Gasteiger partial charge in [-0.1, -0.05) is 0 Å². The first-order valence-corrected chi connectivity index (χ1v) is 3.43. The predicted octanol–water partition coefficient (Wildman–Crippen LogP) is 0.0632. The zero-order chi connectivity index (χ0) is 7.07. The molecule has 0 radical (unpaired) electrons. The molecule has 0 fully saturated rings. The minimum Gasteiger partial charge on any atom is -1.00 e. The second-order valence-corrected chi connectivity index (χ2v) is 2.01. The number of hydrogen-bond acceptors (Lipinski definition) is 0. The number of rotatable bonds is 0. The minimum absolute atomic E-state index is 0. The summed E-state index contributed by atoms with van der Waals surface area (Å²) >= 11 is 0. The minimum atomic E-state index is 0. The van der Waals surface area contributed by atoms with Crippen LogP contribution in [0.4, 0.5) is 0 Å². The fourth-order valence-electron chi connectivity index (χ4n) is 0.680. The molecule has 0 unspecified atom stereocenters. The van der Waals surface area contributed by atoms with Crippen LogP contribution in [-0.4, -0.2) is 0 Å². The van der Waals surface area contributed by atoms with Gasteiger partial charge in [0.15, 0.2) is 0 Å². The molecule has 0 aromatic carbocycles. The summed E-state index contributed by atoms with van der Waals surface area (Å²) < 4.78 is 0. The second-order valence-electron chi connectivity index (χ2n) is 2.01. The molecule has 2 aliphatic carbocycles. The van der Waals surface area contributed by atoms with Crippen molar-refractivity contribution in [3.63, 3.8) is 0 Å². The van der Waals surface area contributed by atoms with E-state index >= 15 is 0 Å². The third-order valence-corrected chi connectivity index (χ3v) is 1.17. The Morgan fingerprint density at radius 1 is 0.846 bits per heavy atom. The van der Waals surface area contributed by atoms with Crippen molar-refractivity contribution in [2.75, 3.05) is 0 Å². The first-order chi connectivity index (χ1) is 5.00. The summed E-state index contributed by atoms with van der Waals surface area (Å²) in [7, 11) is 0. The van der Waals surface area contributed by atoms with Crippen LogP contribution in [-0.2, 0) is 26.2 Å². The normalized spacial score (nSPS) is 13.5. The van der Waals surface area contributed by atoms with Gasteiger partial charge in [0.1, 0.15) is 0 Å². The van der Waals surface area contributed by atoms with Crippen LogP contribution in [0.15, 0.2) is 36.5 Å². The maximum Gasteiger partial charge on any atom is 4.00 e. The third kappa shape index (κ3) is 12.6. The standard InChI is InChI=1S/2C5H5.CH3.HI.Zr/c2*1-2-4-5-3-1;;;/h2*1-3H,4H2;1H3;1H;/q3*-1;;+4/p-1. The van der Waals surface area contributed by atoms with Crippen molar-refractivity contribution in [1.29, 1.82) is 0 Å². The van der Waals surface area contributed by atoms with Gasteiger partial charge in [-0.25, -0.2) is 24.3 Å². The molecule has 0 bridgehead atoms. The molecule has 0 nitrogen and oxygen atoms in total. The molecular formula is C11H13IZr. The van der Waals surface area contributed by atoms with Crippen molar-refractivity contribution in [2.45, 2.75) is 12.8 Å². The van der Waals surface area contributed by atoms with Crippen LogP contribution in [0, 0.1) is 19.6 Å². The van der Waals surface area contributed by atoms with E-state index in [9.17, 15) is 0 Å². The molecule has 68 valence electrons. The molecule has 0 saturated heterocycles. The first kappa shape index (κ1) is 19.2. The van der Waals surface area contributed by atoms with Crippen molar-refractivity contribution in [2.24, 2.45) is 0 Å². The Morgan fingerprint density at radius 3 is 1.31 bits per heavy atom. The molecular weight excluding hydrogens is 350 g/mol. The van der Waals surface area contributed by atoms with E-state index in [4.69, 9.17) is 0 Å². The van der Waals surface area contributed by atoms with Crippen molar-refractivity contribution in [1.82, 2.24) is 0 Å². The largest absolute Gasteiger partial charge is 4.00 e. The predicted molar refractivity (Wildman–Crippen MR) is 49.6 cm³/mol. The Bertz CT molecular complexity index is 148. The summed E-state index contributed by atoms with van der Waals surface area (Å²) in [5.74, 6) is 0. The van der Waals surface area contributed by atoms with Gasteiger partial charge < -0.3 is 31.4 Å².